The van der Waals surface area contributed by atoms with Gasteiger partial charge in [-0.25, -0.2) is 0 Å². The first-order valence-corrected chi connectivity index (χ1v) is 8.55. The van der Waals surface area contributed by atoms with Crippen LogP contribution < -0.4 is 0 Å². The summed E-state index contributed by atoms with van der Waals surface area (Å²) in [6, 6.07) is 8.11. The molecule has 0 saturated carbocycles. The molecule has 0 N–H and O–H groups in total. The van der Waals surface area contributed by atoms with Gasteiger partial charge in [0, 0.05) is 31.5 Å². The highest BCUT2D eigenvalue weighted by atomic mass is 16.7. The van der Waals surface area contributed by atoms with Crippen molar-refractivity contribution in [2.45, 2.75) is 45.1 Å². The van der Waals surface area contributed by atoms with Crippen molar-refractivity contribution in [1.29, 1.82) is 0 Å². The molecule has 0 bridgehead atoms. The lowest BCUT2D eigenvalue weighted by molar-refractivity contribution is -0.194. The first kappa shape index (κ1) is 15.7. The Balaban J connectivity index is 1.36. The number of rotatable bonds is 3. The van der Waals surface area contributed by atoms with E-state index in [9.17, 15) is 0 Å². The minimum Gasteiger partial charge on any atom is -0.419 e. The van der Waals surface area contributed by atoms with Gasteiger partial charge >= 0.3 is 0 Å². The molecule has 128 valence electrons. The molecule has 1 spiro atoms. The number of likely N-dealkylation sites (tertiary alicyclic amines) is 1. The number of benzene rings is 1. The van der Waals surface area contributed by atoms with Gasteiger partial charge in [-0.2, -0.15) is 0 Å². The standard InChI is InChI=1S/C18H23N3O3/c1-13-3-5-15(6-4-13)17-20-19-16(23-17)11-21-9-7-18(8-10-21)22-12-14(2)24-18/h3-6,14H,7-12H2,1-2H3/t14-/m1/s1. The maximum absolute atomic E-state index is 5.96. The van der Waals surface area contributed by atoms with Gasteiger partial charge in [0.25, 0.3) is 0 Å². The molecule has 3 heterocycles. The lowest BCUT2D eigenvalue weighted by Gasteiger charge is -2.37. The van der Waals surface area contributed by atoms with Gasteiger partial charge in [0.1, 0.15) is 0 Å². The van der Waals surface area contributed by atoms with Crippen molar-refractivity contribution >= 4 is 0 Å². The lowest BCUT2D eigenvalue weighted by Crippen LogP contribution is -2.45. The molecule has 2 aliphatic heterocycles. The maximum atomic E-state index is 5.96. The van der Waals surface area contributed by atoms with Crippen LogP contribution in [0.15, 0.2) is 28.7 Å². The first-order chi connectivity index (χ1) is 11.6. The molecule has 0 unspecified atom stereocenters. The zero-order chi connectivity index (χ0) is 16.6. The van der Waals surface area contributed by atoms with E-state index in [0.717, 1.165) is 31.5 Å². The highest BCUT2D eigenvalue weighted by Gasteiger charge is 2.42. The summed E-state index contributed by atoms with van der Waals surface area (Å²) >= 11 is 0. The molecular weight excluding hydrogens is 306 g/mol. The van der Waals surface area contributed by atoms with Crippen molar-refractivity contribution < 1.29 is 13.9 Å². The molecule has 2 aromatic rings. The summed E-state index contributed by atoms with van der Waals surface area (Å²) in [5, 5.41) is 8.36. The van der Waals surface area contributed by atoms with E-state index in [2.05, 4.69) is 28.9 Å². The molecule has 0 amide bonds. The van der Waals surface area contributed by atoms with E-state index in [4.69, 9.17) is 13.9 Å². The molecule has 6 heteroatoms. The second kappa shape index (κ2) is 6.27. The number of aromatic nitrogens is 2. The Kier molecular flexibility index (Phi) is 4.12. The number of nitrogens with zero attached hydrogens (tertiary/aromatic N) is 3. The van der Waals surface area contributed by atoms with E-state index in [1.807, 2.05) is 24.3 Å². The quantitative estimate of drug-likeness (QED) is 0.863. The van der Waals surface area contributed by atoms with Gasteiger partial charge in [-0.05, 0) is 26.0 Å². The van der Waals surface area contributed by atoms with E-state index < -0.39 is 0 Å². The summed E-state index contributed by atoms with van der Waals surface area (Å²) in [4.78, 5) is 2.31. The molecule has 4 rings (SSSR count). The Labute approximate surface area is 141 Å². The molecule has 2 aliphatic rings. The van der Waals surface area contributed by atoms with Crippen molar-refractivity contribution in [3.63, 3.8) is 0 Å². The van der Waals surface area contributed by atoms with E-state index in [-0.39, 0.29) is 11.9 Å². The van der Waals surface area contributed by atoms with Crippen molar-refractivity contribution in [3.8, 4) is 11.5 Å². The van der Waals surface area contributed by atoms with Crippen LogP contribution in [0.5, 0.6) is 0 Å². The summed E-state index contributed by atoms with van der Waals surface area (Å²) < 4.78 is 17.6. The summed E-state index contributed by atoms with van der Waals surface area (Å²) in [6.45, 7) is 7.31. The molecule has 6 nitrogen and oxygen atoms in total. The number of ether oxygens (including phenoxy) is 2. The number of hydrogen-bond donors (Lipinski definition) is 0. The van der Waals surface area contributed by atoms with E-state index in [1.54, 1.807) is 0 Å². The van der Waals surface area contributed by atoms with Crippen LogP contribution in [-0.2, 0) is 16.0 Å². The summed E-state index contributed by atoms with van der Waals surface area (Å²) in [7, 11) is 0. The number of piperidine rings is 1. The number of aryl methyl sites for hydroxylation is 1. The largest absolute Gasteiger partial charge is 0.419 e. The minimum atomic E-state index is -0.363. The average Bonchev–Trinajstić information content (AvgIpc) is 3.18. The molecule has 0 radical (unpaired) electrons. The van der Waals surface area contributed by atoms with Crippen molar-refractivity contribution in [2.24, 2.45) is 0 Å². The minimum absolute atomic E-state index is 0.199. The Hall–Kier alpha value is -1.76. The third-order valence-corrected chi connectivity index (χ3v) is 4.74. The van der Waals surface area contributed by atoms with Gasteiger partial charge in [0.15, 0.2) is 5.79 Å². The van der Waals surface area contributed by atoms with E-state index in [1.165, 1.54) is 5.56 Å². The van der Waals surface area contributed by atoms with Crippen molar-refractivity contribution in [3.05, 3.63) is 35.7 Å². The summed E-state index contributed by atoms with van der Waals surface area (Å²) in [6.07, 6.45) is 1.97. The second-order valence-electron chi connectivity index (χ2n) is 6.79. The molecule has 2 fully saturated rings. The number of hydrogen-bond acceptors (Lipinski definition) is 6. The first-order valence-electron chi connectivity index (χ1n) is 8.55. The predicted molar refractivity (Wildman–Crippen MR) is 88.2 cm³/mol. The second-order valence-corrected chi connectivity index (χ2v) is 6.79. The monoisotopic (exact) mass is 329 g/mol. The normalized spacial score (nSPS) is 23.8. The highest BCUT2D eigenvalue weighted by molar-refractivity contribution is 5.52. The topological polar surface area (TPSA) is 60.6 Å². The van der Waals surface area contributed by atoms with Gasteiger partial charge in [-0.1, -0.05) is 17.7 Å². The average molecular weight is 329 g/mol. The molecule has 0 aliphatic carbocycles. The Morgan fingerprint density at radius 3 is 2.58 bits per heavy atom. The molecule has 24 heavy (non-hydrogen) atoms. The Bertz CT molecular complexity index is 690. The fourth-order valence-corrected chi connectivity index (χ4v) is 3.34. The van der Waals surface area contributed by atoms with Gasteiger partial charge in [-0.15, -0.1) is 10.2 Å². The van der Waals surface area contributed by atoms with Gasteiger partial charge < -0.3 is 13.9 Å². The molecule has 1 aromatic carbocycles. The predicted octanol–water partition coefficient (Wildman–Crippen LogP) is 2.77. The lowest BCUT2D eigenvalue weighted by atomic mass is 10.0. The summed E-state index contributed by atoms with van der Waals surface area (Å²) in [5.41, 5.74) is 2.17. The van der Waals surface area contributed by atoms with Crippen LogP contribution >= 0.6 is 0 Å². The highest BCUT2D eigenvalue weighted by Crippen LogP contribution is 2.34. The van der Waals surface area contributed by atoms with Crippen molar-refractivity contribution in [2.75, 3.05) is 19.7 Å². The SMILES string of the molecule is Cc1ccc(-c2nnc(CN3CCC4(CC3)OC[C@@H](C)O4)o2)cc1. The Morgan fingerprint density at radius 1 is 1.17 bits per heavy atom. The van der Waals surface area contributed by atoms with Crippen LogP contribution in [0.3, 0.4) is 0 Å². The molecule has 2 saturated heterocycles. The van der Waals surface area contributed by atoms with Gasteiger partial charge in [0.05, 0.1) is 19.3 Å². The molecular formula is C18H23N3O3. The molecule has 1 aromatic heterocycles. The van der Waals surface area contributed by atoms with E-state index >= 15 is 0 Å². The van der Waals surface area contributed by atoms with Crippen LogP contribution in [0.25, 0.3) is 11.5 Å². The zero-order valence-electron chi connectivity index (χ0n) is 14.2. The Morgan fingerprint density at radius 2 is 1.92 bits per heavy atom. The van der Waals surface area contributed by atoms with E-state index in [0.29, 0.717) is 24.9 Å². The van der Waals surface area contributed by atoms with Gasteiger partial charge in [0.2, 0.25) is 11.8 Å². The van der Waals surface area contributed by atoms with Crippen LogP contribution in [0.2, 0.25) is 0 Å². The smallest absolute Gasteiger partial charge is 0.247 e. The van der Waals surface area contributed by atoms with Crippen LogP contribution in [-0.4, -0.2) is 46.7 Å². The zero-order valence-corrected chi connectivity index (χ0v) is 14.2. The van der Waals surface area contributed by atoms with Gasteiger partial charge in [-0.3, -0.25) is 4.90 Å². The molecule has 1 atom stereocenters. The van der Waals surface area contributed by atoms with Crippen LogP contribution in [0, 0.1) is 6.92 Å². The fourth-order valence-electron chi connectivity index (χ4n) is 3.34. The van der Waals surface area contributed by atoms with Crippen LogP contribution in [0.4, 0.5) is 0 Å². The van der Waals surface area contributed by atoms with Crippen LogP contribution in [0.1, 0.15) is 31.2 Å². The van der Waals surface area contributed by atoms with Crippen molar-refractivity contribution in [1.82, 2.24) is 15.1 Å². The fraction of sp³-hybridized carbons (Fsp3) is 0.556. The third kappa shape index (κ3) is 3.22. The maximum Gasteiger partial charge on any atom is 0.247 e. The summed E-state index contributed by atoms with van der Waals surface area (Å²) in [5.74, 6) is 0.871. The third-order valence-electron chi connectivity index (χ3n) is 4.74.